The summed E-state index contributed by atoms with van der Waals surface area (Å²) in [5, 5.41) is 13.0. The first-order valence-electron chi connectivity index (χ1n) is 6.37. The van der Waals surface area contributed by atoms with Gasteiger partial charge < -0.3 is 10.4 Å². The molecule has 1 aromatic carbocycles. The summed E-state index contributed by atoms with van der Waals surface area (Å²) in [5.74, 6) is -0.205. The van der Waals surface area contributed by atoms with Crippen LogP contribution in [0.1, 0.15) is 25.7 Å². The van der Waals surface area contributed by atoms with Gasteiger partial charge in [-0.1, -0.05) is 17.7 Å². The van der Waals surface area contributed by atoms with Crippen LogP contribution < -0.4 is 5.32 Å². The van der Waals surface area contributed by atoms with Gasteiger partial charge in [0, 0.05) is 17.3 Å². The topological polar surface area (TPSA) is 49.3 Å². The second-order valence-corrected chi connectivity index (χ2v) is 5.38. The fourth-order valence-electron chi connectivity index (χ4n) is 2.47. The number of carboxylic acid groups (broad SMARTS) is 1. The van der Waals surface area contributed by atoms with E-state index in [4.69, 9.17) is 16.7 Å². The molecule has 4 heteroatoms. The summed E-state index contributed by atoms with van der Waals surface area (Å²) in [7, 11) is 0. The summed E-state index contributed by atoms with van der Waals surface area (Å²) in [6.45, 7) is 0.896. The van der Waals surface area contributed by atoms with Crippen LogP contribution in [0.2, 0.25) is 5.02 Å². The zero-order valence-corrected chi connectivity index (χ0v) is 11.0. The van der Waals surface area contributed by atoms with Crippen molar-refractivity contribution >= 4 is 23.3 Å². The van der Waals surface area contributed by atoms with E-state index in [0.717, 1.165) is 42.9 Å². The predicted molar refractivity (Wildman–Crippen MR) is 73.0 cm³/mol. The third-order valence-electron chi connectivity index (χ3n) is 3.62. The highest BCUT2D eigenvalue weighted by atomic mass is 35.5. The van der Waals surface area contributed by atoms with Gasteiger partial charge in [0.2, 0.25) is 0 Å². The average Bonchev–Trinajstić information content (AvgIpc) is 2.37. The third-order valence-corrected chi connectivity index (χ3v) is 3.85. The highest BCUT2D eigenvalue weighted by Gasteiger charge is 2.25. The lowest BCUT2D eigenvalue weighted by Crippen LogP contribution is -2.25. The van der Waals surface area contributed by atoms with Crippen LogP contribution in [-0.2, 0) is 4.79 Å². The van der Waals surface area contributed by atoms with Gasteiger partial charge >= 0.3 is 5.97 Å². The molecule has 0 amide bonds. The largest absolute Gasteiger partial charge is 0.481 e. The molecule has 1 aliphatic carbocycles. The Labute approximate surface area is 112 Å². The Hall–Kier alpha value is -1.22. The standard InChI is InChI=1S/C14H18ClNO2/c15-12-2-1-3-13(8-12)16-9-10-4-6-11(7-5-10)14(17)18/h1-3,8,10-11,16H,4-7,9H2,(H,17,18). The molecule has 0 radical (unpaired) electrons. The van der Waals surface area contributed by atoms with Crippen LogP contribution >= 0.6 is 11.6 Å². The average molecular weight is 268 g/mol. The minimum Gasteiger partial charge on any atom is -0.481 e. The van der Waals surface area contributed by atoms with Crippen LogP contribution in [0.25, 0.3) is 0 Å². The van der Waals surface area contributed by atoms with Gasteiger partial charge in [-0.05, 0) is 49.8 Å². The van der Waals surface area contributed by atoms with Crippen LogP contribution in [0.15, 0.2) is 24.3 Å². The molecule has 98 valence electrons. The maximum atomic E-state index is 10.8. The molecule has 0 spiro atoms. The minimum absolute atomic E-state index is 0.132. The van der Waals surface area contributed by atoms with Gasteiger partial charge in [-0.2, -0.15) is 0 Å². The number of aliphatic carboxylic acids is 1. The quantitative estimate of drug-likeness (QED) is 0.876. The number of hydrogen-bond acceptors (Lipinski definition) is 2. The fraction of sp³-hybridized carbons (Fsp3) is 0.500. The van der Waals surface area contributed by atoms with Crippen molar-refractivity contribution < 1.29 is 9.90 Å². The SMILES string of the molecule is O=C(O)C1CCC(CNc2cccc(Cl)c2)CC1. The molecule has 1 saturated carbocycles. The van der Waals surface area contributed by atoms with Crippen LogP contribution in [0.3, 0.4) is 0 Å². The predicted octanol–water partition coefficient (Wildman–Crippen LogP) is 3.64. The second kappa shape index (κ2) is 6.10. The summed E-state index contributed by atoms with van der Waals surface area (Å²) >= 11 is 5.92. The highest BCUT2D eigenvalue weighted by molar-refractivity contribution is 6.30. The van der Waals surface area contributed by atoms with E-state index in [9.17, 15) is 4.79 Å². The Bertz CT molecular complexity index is 414. The van der Waals surface area contributed by atoms with Crippen LogP contribution in [0, 0.1) is 11.8 Å². The second-order valence-electron chi connectivity index (χ2n) is 4.95. The van der Waals surface area contributed by atoms with Crippen LogP contribution in [0.5, 0.6) is 0 Å². The van der Waals surface area contributed by atoms with Crippen molar-refractivity contribution in [2.24, 2.45) is 11.8 Å². The normalized spacial score (nSPS) is 23.6. The first-order valence-corrected chi connectivity index (χ1v) is 6.75. The lowest BCUT2D eigenvalue weighted by molar-refractivity contribution is -0.143. The molecule has 1 aliphatic rings. The number of carboxylic acids is 1. The van der Waals surface area contributed by atoms with Gasteiger partial charge in [0.15, 0.2) is 0 Å². The van der Waals surface area contributed by atoms with Gasteiger partial charge in [0.1, 0.15) is 0 Å². The molecule has 1 aromatic rings. The molecule has 0 aliphatic heterocycles. The zero-order valence-electron chi connectivity index (χ0n) is 10.2. The van der Waals surface area contributed by atoms with Crippen molar-refractivity contribution in [3.8, 4) is 0 Å². The van der Waals surface area contributed by atoms with Crippen LogP contribution in [-0.4, -0.2) is 17.6 Å². The van der Waals surface area contributed by atoms with E-state index >= 15 is 0 Å². The van der Waals surface area contributed by atoms with E-state index in [-0.39, 0.29) is 5.92 Å². The number of halogens is 1. The molecule has 0 unspecified atom stereocenters. The Morgan fingerprint density at radius 3 is 2.67 bits per heavy atom. The van der Waals surface area contributed by atoms with Crippen LogP contribution in [0.4, 0.5) is 5.69 Å². The molecule has 0 aromatic heterocycles. The molecule has 0 saturated heterocycles. The summed E-state index contributed by atoms with van der Waals surface area (Å²) in [5.41, 5.74) is 1.03. The first kappa shape index (κ1) is 13.2. The number of benzene rings is 1. The molecule has 0 atom stereocenters. The van der Waals surface area contributed by atoms with Gasteiger partial charge in [-0.15, -0.1) is 0 Å². The molecule has 0 heterocycles. The van der Waals surface area contributed by atoms with Crippen molar-refractivity contribution in [3.63, 3.8) is 0 Å². The smallest absolute Gasteiger partial charge is 0.306 e. The van der Waals surface area contributed by atoms with Crippen molar-refractivity contribution in [1.82, 2.24) is 0 Å². The van der Waals surface area contributed by atoms with Crippen molar-refractivity contribution in [3.05, 3.63) is 29.3 Å². The molecule has 3 nitrogen and oxygen atoms in total. The fourth-order valence-corrected chi connectivity index (χ4v) is 2.66. The van der Waals surface area contributed by atoms with E-state index in [1.165, 1.54) is 0 Å². The highest BCUT2D eigenvalue weighted by Crippen LogP contribution is 2.29. The summed E-state index contributed by atoms with van der Waals surface area (Å²) in [6.07, 6.45) is 3.59. The molecule has 2 N–H and O–H groups in total. The molecule has 0 bridgehead atoms. The van der Waals surface area contributed by atoms with E-state index < -0.39 is 5.97 Å². The Balaban J connectivity index is 1.77. The number of hydrogen-bond donors (Lipinski definition) is 2. The van der Waals surface area contributed by atoms with E-state index in [1.807, 2.05) is 24.3 Å². The zero-order chi connectivity index (χ0) is 13.0. The van der Waals surface area contributed by atoms with Crippen molar-refractivity contribution in [2.45, 2.75) is 25.7 Å². The number of anilines is 1. The van der Waals surface area contributed by atoms with E-state index in [1.54, 1.807) is 0 Å². The molecule has 1 fully saturated rings. The number of rotatable bonds is 4. The van der Waals surface area contributed by atoms with Gasteiger partial charge in [-0.25, -0.2) is 0 Å². The van der Waals surface area contributed by atoms with E-state index in [2.05, 4.69) is 5.32 Å². The Morgan fingerprint density at radius 1 is 1.33 bits per heavy atom. The van der Waals surface area contributed by atoms with Gasteiger partial charge in [0.05, 0.1) is 5.92 Å². The summed E-state index contributed by atoms with van der Waals surface area (Å²) in [4.78, 5) is 10.8. The first-order chi connectivity index (χ1) is 8.65. The van der Waals surface area contributed by atoms with Crippen molar-refractivity contribution in [2.75, 3.05) is 11.9 Å². The maximum absolute atomic E-state index is 10.8. The molecule has 2 rings (SSSR count). The minimum atomic E-state index is -0.642. The van der Waals surface area contributed by atoms with Crippen molar-refractivity contribution in [1.29, 1.82) is 0 Å². The monoisotopic (exact) mass is 267 g/mol. The van der Waals surface area contributed by atoms with E-state index in [0.29, 0.717) is 5.92 Å². The Kier molecular flexibility index (Phi) is 4.48. The number of carbonyl (C=O) groups is 1. The Morgan fingerprint density at radius 2 is 2.06 bits per heavy atom. The van der Waals surface area contributed by atoms with Gasteiger partial charge in [0.25, 0.3) is 0 Å². The lowest BCUT2D eigenvalue weighted by atomic mass is 9.82. The van der Waals surface area contributed by atoms with Gasteiger partial charge in [-0.3, -0.25) is 4.79 Å². The maximum Gasteiger partial charge on any atom is 0.306 e. The summed E-state index contributed by atoms with van der Waals surface area (Å²) < 4.78 is 0. The lowest BCUT2D eigenvalue weighted by Gasteiger charge is -2.26. The number of nitrogens with one attached hydrogen (secondary N) is 1. The molecular formula is C14H18ClNO2. The molecule has 18 heavy (non-hydrogen) atoms. The molecular weight excluding hydrogens is 250 g/mol. The summed E-state index contributed by atoms with van der Waals surface area (Å²) in [6, 6.07) is 7.68. The third kappa shape index (κ3) is 3.64.